The summed E-state index contributed by atoms with van der Waals surface area (Å²) in [5.41, 5.74) is 4.97. The monoisotopic (exact) mass is 274 g/mol. The van der Waals surface area contributed by atoms with Gasteiger partial charge in [0, 0.05) is 0 Å². The zero-order chi connectivity index (χ0) is 14.7. The van der Waals surface area contributed by atoms with Crippen LogP contribution in [0.5, 0.6) is 0 Å². The van der Waals surface area contributed by atoms with Gasteiger partial charge in [-0.15, -0.1) is 0 Å². The normalized spacial score (nSPS) is 9.80. The predicted octanol–water partition coefficient (Wildman–Crippen LogP) is 1.72. The van der Waals surface area contributed by atoms with E-state index in [0.29, 0.717) is 0 Å². The summed E-state index contributed by atoms with van der Waals surface area (Å²) < 4.78 is 13.7. The lowest BCUT2D eigenvalue weighted by Gasteiger charge is -2.07. The van der Waals surface area contributed by atoms with E-state index in [1.165, 1.54) is 12.1 Å². The van der Waals surface area contributed by atoms with Crippen LogP contribution in [0, 0.1) is 27.3 Å². The standard InChI is InChI=1S/C11H7FN6O2/c12-7-3-6(4-13)1-2-8(7)16-10-9(18(19)20)5-15-11(14)17-10/h1-3,5H,(H3,14,15,16,17). The Balaban J connectivity index is 2.42. The molecule has 1 heterocycles. The second-order valence-corrected chi connectivity index (χ2v) is 3.65. The van der Waals surface area contributed by atoms with Crippen LogP contribution < -0.4 is 11.1 Å². The number of benzene rings is 1. The summed E-state index contributed by atoms with van der Waals surface area (Å²) in [4.78, 5) is 17.3. The average molecular weight is 274 g/mol. The van der Waals surface area contributed by atoms with Crippen LogP contribution in [0.3, 0.4) is 0 Å². The third-order valence-corrected chi connectivity index (χ3v) is 2.34. The molecule has 20 heavy (non-hydrogen) atoms. The van der Waals surface area contributed by atoms with E-state index in [4.69, 9.17) is 11.0 Å². The topological polar surface area (TPSA) is 131 Å². The third kappa shape index (κ3) is 2.59. The Bertz CT molecular complexity index is 727. The van der Waals surface area contributed by atoms with Gasteiger partial charge in [-0.1, -0.05) is 0 Å². The van der Waals surface area contributed by atoms with Crippen molar-refractivity contribution in [1.29, 1.82) is 5.26 Å². The smallest absolute Gasteiger partial charge is 0.329 e. The molecule has 0 radical (unpaired) electrons. The number of aromatic nitrogens is 2. The molecule has 0 aliphatic rings. The highest BCUT2D eigenvalue weighted by atomic mass is 19.1. The Morgan fingerprint density at radius 2 is 2.25 bits per heavy atom. The fraction of sp³-hybridized carbons (Fsp3) is 0. The van der Waals surface area contributed by atoms with E-state index in [1.54, 1.807) is 6.07 Å². The largest absolute Gasteiger partial charge is 0.368 e. The van der Waals surface area contributed by atoms with E-state index in [2.05, 4.69) is 15.3 Å². The van der Waals surface area contributed by atoms with Gasteiger partial charge in [-0.2, -0.15) is 10.2 Å². The molecular formula is C11H7FN6O2. The molecule has 9 heteroatoms. The average Bonchev–Trinajstić information content (AvgIpc) is 2.40. The molecule has 100 valence electrons. The number of nitrogens with zero attached hydrogens (tertiary/aromatic N) is 4. The minimum absolute atomic E-state index is 0.0646. The summed E-state index contributed by atoms with van der Waals surface area (Å²) in [5, 5.41) is 21.9. The van der Waals surface area contributed by atoms with E-state index in [0.717, 1.165) is 12.3 Å². The van der Waals surface area contributed by atoms with Gasteiger partial charge in [0.2, 0.25) is 11.8 Å². The zero-order valence-electron chi connectivity index (χ0n) is 9.87. The minimum atomic E-state index is -0.740. The number of hydrogen-bond donors (Lipinski definition) is 2. The summed E-state index contributed by atoms with van der Waals surface area (Å²) in [6.45, 7) is 0. The van der Waals surface area contributed by atoms with Gasteiger partial charge < -0.3 is 11.1 Å². The van der Waals surface area contributed by atoms with Gasteiger partial charge in [-0.05, 0) is 18.2 Å². The van der Waals surface area contributed by atoms with Crippen LogP contribution in [0.2, 0.25) is 0 Å². The predicted molar refractivity (Wildman–Crippen MR) is 67.5 cm³/mol. The van der Waals surface area contributed by atoms with Crippen LogP contribution in [0.1, 0.15) is 5.56 Å². The molecule has 1 aromatic heterocycles. The van der Waals surface area contributed by atoms with Crippen molar-refractivity contribution in [3.05, 3.63) is 45.9 Å². The summed E-state index contributed by atoms with van der Waals surface area (Å²) in [7, 11) is 0. The molecule has 2 aromatic rings. The zero-order valence-corrected chi connectivity index (χ0v) is 9.87. The number of nitrogens with one attached hydrogen (secondary N) is 1. The van der Waals surface area contributed by atoms with Crippen LogP contribution in [0.15, 0.2) is 24.4 Å². The van der Waals surface area contributed by atoms with E-state index in [-0.39, 0.29) is 23.0 Å². The molecule has 0 aliphatic heterocycles. The molecule has 0 fully saturated rings. The second kappa shape index (κ2) is 5.15. The molecule has 0 spiro atoms. The van der Waals surface area contributed by atoms with E-state index >= 15 is 0 Å². The van der Waals surface area contributed by atoms with Crippen molar-refractivity contribution in [3.63, 3.8) is 0 Å². The maximum atomic E-state index is 13.7. The Labute approximate surface area is 111 Å². The summed E-state index contributed by atoms with van der Waals surface area (Å²) in [6, 6.07) is 5.41. The second-order valence-electron chi connectivity index (χ2n) is 3.65. The van der Waals surface area contributed by atoms with Gasteiger partial charge in [0.1, 0.15) is 12.0 Å². The quantitative estimate of drug-likeness (QED) is 0.643. The third-order valence-electron chi connectivity index (χ3n) is 2.34. The lowest BCUT2D eigenvalue weighted by atomic mass is 10.2. The van der Waals surface area contributed by atoms with Crippen LogP contribution in [0.4, 0.5) is 27.5 Å². The molecule has 2 rings (SSSR count). The van der Waals surface area contributed by atoms with Crippen LogP contribution in [-0.4, -0.2) is 14.9 Å². The first-order chi connectivity index (χ1) is 9.51. The maximum Gasteiger partial charge on any atom is 0.329 e. The lowest BCUT2D eigenvalue weighted by molar-refractivity contribution is -0.384. The maximum absolute atomic E-state index is 13.7. The van der Waals surface area contributed by atoms with Gasteiger partial charge >= 0.3 is 5.69 Å². The van der Waals surface area contributed by atoms with Crippen molar-refractivity contribution in [2.75, 3.05) is 11.1 Å². The van der Waals surface area contributed by atoms with E-state index < -0.39 is 16.4 Å². The van der Waals surface area contributed by atoms with Crippen molar-refractivity contribution in [3.8, 4) is 6.07 Å². The molecular weight excluding hydrogens is 267 g/mol. The molecule has 0 atom stereocenters. The summed E-state index contributed by atoms with van der Waals surface area (Å²) in [6.07, 6.45) is 0.923. The Morgan fingerprint density at radius 3 is 2.85 bits per heavy atom. The van der Waals surface area contributed by atoms with Gasteiger partial charge in [-0.3, -0.25) is 10.1 Å². The van der Waals surface area contributed by atoms with Gasteiger partial charge in [0.15, 0.2) is 0 Å². The molecule has 0 amide bonds. The highest BCUT2D eigenvalue weighted by molar-refractivity contribution is 5.66. The summed E-state index contributed by atoms with van der Waals surface area (Å²) >= 11 is 0. The van der Waals surface area contributed by atoms with Crippen LogP contribution in [-0.2, 0) is 0 Å². The SMILES string of the molecule is N#Cc1ccc(Nc2nc(N)ncc2[N+](=O)[O-])c(F)c1. The highest BCUT2D eigenvalue weighted by Gasteiger charge is 2.18. The van der Waals surface area contributed by atoms with Crippen molar-refractivity contribution < 1.29 is 9.31 Å². The molecule has 1 aromatic carbocycles. The number of nitrogen functional groups attached to an aromatic ring is 1. The molecule has 0 bridgehead atoms. The molecule has 0 saturated carbocycles. The number of hydrogen-bond acceptors (Lipinski definition) is 7. The molecule has 0 unspecified atom stereocenters. The number of anilines is 3. The van der Waals surface area contributed by atoms with Crippen molar-refractivity contribution >= 4 is 23.1 Å². The number of halogens is 1. The van der Waals surface area contributed by atoms with Crippen LogP contribution >= 0.6 is 0 Å². The highest BCUT2D eigenvalue weighted by Crippen LogP contribution is 2.26. The van der Waals surface area contributed by atoms with Crippen molar-refractivity contribution in [1.82, 2.24) is 9.97 Å². The molecule has 0 saturated heterocycles. The first-order valence-electron chi connectivity index (χ1n) is 5.25. The molecule has 0 aliphatic carbocycles. The fourth-order valence-electron chi connectivity index (χ4n) is 1.43. The van der Waals surface area contributed by atoms with Crippen LogP contribution in [0.25, 0.3) is 0 Å². The lowest BCUT2D eigenvalue weighted by Crippen LogP contribution is -2.05. The number of nitro groups is 1. The first-order valence-corrected chi connectivity index (χ1v) is 5.25. The molecule has 3 N–H and O–H groups in total. The summed E-state index contributed by atoms with van der Waals surface area (Å²) in [5.74, 6) is -1.16. The Kier molecular flexibility index (Phi) is 3.39. The van der Waals surface area contributed by atoms with Gasteiger partial charge in [0.05, 0.1) is 22.2 Å². The number of nitrogens with two attached hydrogens (primary N) is 1. The first kappa shape index (κ1) is 13.2. The minimum Gasteiger partial charge on any atom is -0.368 e. The van der Waals surface area contributed by atoms with E-state index in [1.807, 2.05) is 0 Å². The van der Waals surface area contributed by atoms with Gasteiger partial charge in [0.25, 0.3) is 0 Å². The Hall–Kier alpha value is -3.28. The van der Waals surface area contributed by atoms with E-state index in [9.17, 15) is 14.5 Å². The molecule has 8 nitrogen and oxygen atoms in total. The van der Waals surface area contributed by atoms with Gasteiger partial charge in [-0.25, -0.2) is 9.37 Å². The Morgan fingerprint density at radius 1 is 1.50 bits per heavy atom. The number of nitriles is 1. The van der Waals surface area contributed by atoms with Crippen molar-refractivity contribution in [2.24, 2.45) is 0 Å². The number of rotatable bonds is 3. The van der Waals surface area contributed by atoms with Crippen molar-refractivity contribution in [2.45, 2.75) is 0 Å². The fourth-order valence-corrected chi connectivity index (χ4v) is 1.43.